The molecule has 62 heavy (non-hydrogen) atoms. The quantitative estimate of drug-likeness (QED) is 0.175. The van der Waals surface area contributed by atoms with Crippen molar-refractivity contribution < 1.29 is 14.0 Å². The highest BCUT2D eigenvalue weighted by molar-refractivity contribution is 6.22. The number of likely N-dealkylation sites (N-methyl/N-ethyl adjacent to an activating group) is 1. The van der Waals surface area contributed by atoms with Gasteiger partial charge in [-0.15, -0.1) is 0 Å². The molecule has 10 nitrogen and oxygen atoms in total. The molecule has 0 radical (unpaired) electrons. The van der Waals surface area contributed by atoms with E-state index in [2.05, 4.69) is 87.9 Å². The molecule has 1 fully saturated rings. The smallest absolute Gasteiger partial charge is 0.184 e. The van der Waals surface area contributed by atoms with Gasteiger partial charge in [-0.05, 0) is 60.5 Å². The number of anilines is 2. The predicted octanol–water partition coefficient (Wildman–Crippen LogP) is 8.17. The molecule has 0 bridgehead atoms. The largest absolute Gasteiger partial charge is 0.377 e. The zero-order valence-electron chi connectivity index (χ0n) is 35.2. The average molecular weight is 825 g/mol. The van der Waals surface area contributed by atoms with Crippen LogP contribution in [0.3, 0.4) is 0 Å². The van der Waals surface area contributed by atoms with Crippen LogP contribution in [-0.4, -0.2) is 88.7 Å². The van der Waals surface area contributed by atoms with Crippen LogP contribution in [0, 0.1) is 12.7 Å². The third-order valence-electron chi connectivity index (χ3n) is 13.1. The number of hydrogen-bond donors (Lipinski definition) is 2. The molecule has 4 unspecified atom stereocenters. The van der Waals surface area contributed by atoms with E-state index in [-0.39, 0.29) is 54.4 Å². The van der Waals surface area contributed by atoms with Crippen molar-refractivity contribution in [2.75, 3.05) is 56.9 Å². The average Bonchev–Trinajstić information content (AvgIpc) is 3.72. The summed E-state index contributed by atoms with van der Waals surface area (Å²) in [6.45, 7) is 7.80. The summed E-state index contributed by atoms with van der Waals surface area (Å²) >= 11 is 0. The third-order valence-corrected chi connectivity index (χ3v) is 13.1. The number of nitrogens with one attached hydrogen (secondary N) is 2. The number of imidazole rings is 1. The van der Waals surface area contributed by atoms with E-state index in [4.69, 9.17) is 9.98 Å². The van der Waals surface area contributed by atoms with Crippen molar-refractivity contribution in [1.82, 2.24) is 19.4 Å². The van der Waals surface area contributed by atoms with E-state index in [0.717, 1.165) is 89.0 Å². The summed E-state index contributed by atoms with van der Waals surface area (Å²) in [7, 11) is 4.18. The first kappa shape index (κ1) is 39.6. The first-order valence-corrected chi connectivity index (χ1v) is 21.4. The maximum atomic E-state index is 13.8. The number of carbonyl (C=O) groups is 2. The highest BCUT2D eigenvalue weighted by atomic mass is 19.1. The van der Waals surface area contributed by atoms with Crippen LogP contribution < -0.4 is 10.6 Å². The number of rotatable bonds is 6. The van der Waals surface area contributed by atoms with Gasteiger partial charge in [-0.2, -0.15) is 0 Å². The lowest BCUT2D eigenvalue weighted by Crippen LogP contribution is -2.43. The van der Waals surface area contributed by atoms with Gasteiger partial charge in [0.05, 0.1) is 41.7 Å². The Labute approximate surface area is 361 Å². The molecule has 6 heterocycles. The number of aromatic nitrogens is 2. The van der Waals surface area contributed by atoms with E-state index in [1.807, 2.05) is 72.7 Å². The van der Waals surface area contributed by atoms with Crippen molar-refractivity contribution in [3.8, 4) is 0 Å². The van der Waals surface area contributed by atoms with E-state index >= 15 is 0 Å². The van der Waals surface area contributed by atoms with Gasteiger partial charge < -0.3 is 20.1 Å². The number of ketones is 2. The molecule has 5 aliphatic rings. The minimum Gasteiger partial charge on any atom is -0.377 e. The molecule has 1 saturated heterocycles. The molecule has 5 aromatic carbocycles. The fourth-order valence-corrected chi connectivity index (χ4v) is 9.75. The van der Waals surface area contributed by atoms with Crippen LogP contribution in [0.4, 0.5) is 15.8 Å². The molecule has 2 N–H and O–H groups in total. The monoisotopic (exact) mass is 824 g/mol. The maximum Gasteiger partial charge on any atom is 0.184 e. The fraction of sp³-hybridized carbons (Fsp3) is 0.275. The number of nitrogens with zero attached hydrogens (tertiary/aromatic N) is 6. The van der Waals surface area contributed by atoms with Gasteiger partial charge in [-0.1, -0.05) is 90.5 Å². The van der Waals surface area contributed by atoms with Crippen LogP contribution in [0.1, 0.15) is 89.3 Å². The van der Waals surface area contributed by atoms with Gasteiger partial charge in [-0.25, -0.2) is 9.37 Å². The molecule has 11 rings (SSSR count). The van der Waals surface area contributed by atoms with Crippen molar-refractivity contribution in [2.24, 2.45) is 17.0 Å². The summed E-state index contributed by atoms with van der Waals surface area (Å²) in [6.07, 6.45) is 3.72. The number of aryl methyl sites for hydroxylation is 2. The van der Waals surface area contributed by atoms with E-state index in [9.17, 15) is 14.0 Å². The Morgan fingerprint density at radius 3 is 1.74 bits per heavy atom. The van der Waals surface area contributed by atoms with Crippen LogP contribution in [0.2, 0.25) is 0 Å². The van der Waals surface area contributed by atoms with Crippen molar-refractivity contribution >= 4 is 34.4 Å². The summed E-state index contributed by atoms with van der Waals surface area (Å²) in [5.74, 6) is -0.279. The summed E-state index contributed by atoms with van der Waals surface area (Å²) in [5.41, 5.74) is 14.1. The van der Waals surface area contributed by atoms with E-state index in [0.29, 0.717) is 5.56 Å². The maximum absolute atomic E-state index is 13.8. The van der Waals surface area contributed by atoms with Crippen molar-refractivity contribution in [2.45, 2.75) is 37.4 Å². The lowest BCUT2D eigenvalue weighted by atomic mass is 9.75. The Morgan fingerprint density at radius 1 is 0.645 bits per heavy atom. The molecular weight excluding hydrogens is 776 g/mol. The van der Waals surface area contributed by atoms with Gasteiger partial charge in [0.15, 0.2) is 11.6 Å². The minimum atomic E-state index is -0.260. The van der Waals surface area contributed by atoms with Crippen molar-refractivity contribution in [3.63, 3.8) is 0 Å². The van der Waals surface area contributed by atoms with E-state index in [1.54, 1.807) is 0 Å². The van der Waals surface area contributed by atoms with Gasteiger partial charge >= 0.3 is 0 Å². The van der Waals surface area contributed by atoms with Crippen LogP contribution >= 0.6 is 0 Å². The van der Waals surface area contributed by atoms with E-state index < -0.39 is 0 Å². The molecule has 5 aliphatic heterocycles. The van der Waals surface area contributed by atoms with Gasteiger partial charge in [0, 0.05) is 85.3 Å². The first-order chi connectivity index (χ1) is 30.2. The summed E-state index contributed by atoms with van der Waals surface area (Å²) in [4.78, 5) is 43.7. The lowest BCUT2D eigenvalue weighted by molar-refractivity contribution is 0.0992. The standard InChI is InChI=1S/C29H29FN4O.C22H20N4O/c1-33-13-15-34(16-14-33)18-19-5-7-21(8-6-19)28-26(20-9-11-22(30)12-10-20)29-27-23(25(35)17-31-29)3-2-4-24(27)32-28;1-13-6-8-14(9-7-13)21-20(17-10-23-12-26(17)2)22-19-15(18(27)11-24-22)4-3-5-16(19)25-21/h2-12,26,28,32H,13-18H2,1H3;3-10,12,20-21,25H,11H2,1-2H3. The number of Topliss-reactive ketones (excluding diaryl/α,β-unsaturated/α-hetero) is 2. The zero-order chi connectivity index (χ0) is 42.5. The number of hydrogen-bond acceptors (Lipinski definition) is 9. The Hall–Kier alpha value is -6.56. The van der Waals surface area contributed by atoms with Crippen molar-refractivity contribution in [3.05, 3.63) is 183 Å². The second-order valence-electron chi connectivity index (χ2n) is 17.1. The number of carbonyl (C=O) groups excluding carboxylic acids is 2. The molecule has 11 heteroatoms. The summed E-state index contributed by atoms with van der Waals surface area (Å²) in [6, 6.07) is 35.8. The fourth-order valence-electron chi connectivity index (χ4n) is 9.75. The first-order valence-electron chi connectivity index (χ1n) is 21.4. The van der Waals surface area contributed by atoms with Crippen LogP contribution in [0.15, 0.2) is 132 Å². The summed E-state index contributed by atoms with van der Waals surface area (Å²) in [5, 5.41) is 7.38. The van der Waals surface area contributed by atoms with Gasteiger partial charge in [0.2, 0.25) is 0 Å². The van der Waals surface area contributed by atoms with Gasteiger partial charge in [-0.3, -0.25) is 24.5 Å². The van der Waals surface area contributed by atoms with Crippen LogP contribution in [-0.2, 0) is 13.6 Å². The molecule has 6 aromatic rings. The minimum absolute atomic E-state index is 0.0121. The van der Waals surface area contributed by atoms with Crippen molar-refractivity contribution in [1.29, 1.82) is 0 Å². The molecule has 0 aliphatic carbocycles. The Morgan fingerprint density at radius 2 is 1.18 bits per heavy atom. The highest BCUT2D eigenvalue weighted by Gasteiger charge is 2.41. The topological polar surface area (TPSA) is 107 Å². The predicted molar refractivity (Wildman–Crippen MR) is 243 cm³/mol. The molecular formula is C51H49FN8O2. The molecule has 4 atom stereocenters. The normalized spacial score (nSPS) is 21.6. The Bertz CT molecular complexity index is 2730. The lowest BCUT2D eigenvalue weighted by Gasteiger charge is -2.38. The molecule has 0 spiro atoms. The molecule has 0 amide bonds. The molecule has 1 aromatic heterocycles. The number of benzene rings is 5. The number of halogens is 1. The zero-order valence-corrected chi connectivity index (χ0v) is 35.2. The molecule has 0 saturated carbocycles. The second-order valence-corrected chi connectivity index (χ2v) is 17.1. The number of aliphatic imine (C=N–C) groups is 2. The SMILES string of the molecule is CN1CCN(Cc2ccc(C3Nc4cccc5c4C(=NCC5=O)C3c3ccc(F)cc3)cc2)CC1.Cc1ccc(C2Nc3cccc4c3C(=NCC4=O)C2c2cncn2C)cc1. The highest BCUT2D eigenvalue weighted by Crippen LogP contribution is 2.46. The number of piperazine rings is 1. The molecule has 312 valence electrons. The Kier molecular flexibility index (Phi) is 10.5. The van der Waals surface area contributed by atoms with Crippen LogP contribution in [0.5, 0.6) is 0 Å². The van der Waals surface area contributed by atoms with Crippen LogP contribution in [0.25, 0.3) is 0 Å². The third kappa shape index (κ3) is 7.35. The van der Waals surface area contributed by atoms with Gasteiger partial charge in [0.1, 0.15) is 18.9 Å². The van der Waals surface area contributed by atoms with Gasteiger partial charge in [0.25, 0.3) is 0 Å². The van der Waals surface area contributed by atoms with E-state index in [1.165, 1.54) is 28.8 Å². The summed E-state index contributed by atoms with van der Waals surface area (Å²) < 4.78 is 15.8. The second kappa shape index (κ2) is 16.4. The Balaban J connectivity index is 0.000000153.